The van der Waals surface area contributed by atoms with Crippen LogP contribution in [0.1, 0.15) is 25.7 Å². The largest absolute Gasteiger partial charge is 0.311 e. The van der Waals surface area contributed by atoms with Gasteiger partial charge in [0.25, 0.3) is 5.56 Å². The predicted octanol–water partition coefficient (Wildman–Crippen LogP) is 2.35. The van der Waals surface area contributed by atoms with Crippen molar-refractivity contribution >= 4 is 22.5 Å². The van der Waals surface area contributed by atoms with Crippen molar-refractivity contribution in [2.75, 3.05) is 7.05 Å². The normalized spacial score (nSPS) is 12.9. The Morgan fingerprint density at radius 3 is 2.83 bits per heavy atom. The fourth-order valence-corrected chi connectivity index (χ4v) is 2.15. The predicted molar refractivity (Wildman–Crippen MR) is 74.2 cm³/mol. The van der Waals surface area contributed by atoms with Gasteiger partial charge in [0.15, 0.2) is 0 Å². The molecule has 0 aliphatic carbocycles. The van der Waals surface area contributed by atoms with Crippen LogP contribution < -0.4 is 10.9 Å². The van der Waals surface area contributed by atoms with Crippen molar-refractivity contribution in [2.45, 2.75) is 26.4 Å². The van der Waals surface area contributed by atoms with Crippen LogP contribution in [0.5, 0.6) is 0 Å². The van der Waals surface area contributed by atoms with E-state index in [-0.39, 0.29) is 11.6 Å². The summed E-state index contributed by atoms with van der Waals surface area (Å²) in [6.45, 7) is 4.51. The first-order valence-electron chi connectivity index (χ1n) is 5.95. The molecule has 0 unspecified atom stereocenters. The smallest absolute Gasteiger partial charge is 0.261 e. The molecule has 1 N–H and O–H groups in total. The van der Waals surface area contributed by atoms with E-state index in [0.29, 0.717) is 22.5 Å². The Balaban J connectivity index is 2.81. The maximum Gasteiger partial charge on any atom is 0.261 e. The summed E-state index contributed by atoms with van der Waals surface area (Å²) in [5.41, 5.74) is 0.647. The maximum absolute atomic E-state index is 12.4. The molecule has 1 heterocycles. The Bertz CT molecular complexity index is 636. The highest BCUT2D eigenvalue weighted by atomic mass is 35.5. The Hall–Kier alpha value is -1.39. The van der Waals surface area contributed by atoms with Crippen molar-refractivity contribution in [3.63, 3.8) is 0 Å². The van der Waals surface area contributed by atoms with Gasteiger partial charge in [-0.05, 0) is 39.1 Å². The van der Waals surface area contributed by atoms with Gasteiger partial charge in [0.2, 0.25) is 0 Å². The molecule has 5 heteroatoms. The third-order valence-corrected chi connectivity index (χ3v) is 3.32. The molecule has 0 saturated carbocycles. The lowest BCUT2D eigenvalue weighted by Gasteiger charge is -2.16. The van der Waals surface area contributed by atoms with Crippen molar-refractivity contribution in [1.29, 1.82) is 0 Å². The van der Waals surface area contributed by atoms with E-state index in [1.165, 1.54) is 0 Å². The number of benzene rings is 1. The van der Waals surface area contributed by atoms with Crippen molar-refractivity contribution < 1.29 is 0 Å². The lowest BCUT2D eigenvalue weighted by Crippen LogP contribution is -2.29. The molecule has 96 valence electrons. The van der Waals surface area contributed by atoms with Gasteiger partial charge in [-0.2, -0.15) is 0 Å². The molecule has 0 radical (unpaired) electrons. The first-order valence-corrected chi connectivity index (χ1v) is 6.33. The molecule has 1 aromatic heterocycles. The molecule has 18 heavy (non-hydrogen) atoms. The zero-order chi connectivity index (χ0) is 13.3. The molecule has 0 saturated heterocycles. The number of nitrogens with zero attached hydrogens (tertiary/aromatic N) is 2. The van der Waals surface area contributed by atoms with Crippen molar-refractivity contribution in [1.82, 2.24) is 14.9 Å². The maximum atomic E-state index is 12.4. The third kappa shape index (κ3) is 2.13. The first kappa shape index (κ1) is 13.1. The molecule has 0 aliphatic rings. The van der Waals surface area contributed by atoms with Crippen LogP contribution >= 0.6 is 11.6 Å². The minimum Gasteiger partial charge on any atom is -0.311 e. The van der Waals surface area contributed by atoms with Crippen LogP contribution in [-0.2, 0) is 6.54 Å². The monoisotopic (exact) mass is 265 g/mol. The summed E-state index contributed by atoms with van der Waals surface area (Å²) in [6.07, 6.45) is 0. The average Bonchev–Trinajstić information content (AvgIpc) is 2.38. The molecular weight excluding hydrogens is 250 g/mol. The van der Waals surface area contributed by atoms with Gasteiger partial charge in [0.05, 0.1) is 16.9 Å². The minimum absolute atomic E-state index is 0.0257. The summed E-state index contributed by atoms with van der Waals surface area (Å²) in [5, 5.41) is 4.23. The van der Waals surface area contributed by atoms with E-state index in [1.807, 2.05) is 20.9 Å². The van der Waals surface area contributed by atoms with E-state index >= 15 is 0 Å². The number of fused-ring (bicyclic) bond motifs is 1. The first-order chi connectivity index (χ1) is 8.58. The van der Waals surface area contributed by atoms with Crippen LogP contribution in [0.2, 0.25) is 5.02 Å². The van der Waals surface area contributed by atoms with Crippen molar-refractivity contribution in [3.8, 4) is 0 Å². The highest BCUT2D eigenvalue weighted by molar-refractivity contribution is 6.31. The standard InChI is InChI=1S/C13H16ClN3O/c1-4-17-12(8(2)15-3)16-11-6-5-9(14)7-10(11)13(17)18/h5-8,15H,4H2,1-3H3/t8-/m0/s1. The van der Waals surface area contributed by atoms with E-state index in [2.05, 4.69) is 10.3 Å². The van der Waals surface area contributed by atoms with Crippen LogP contribution in [0, 0.1) is 0 Å². The molecule has 0 amide bonds. The minimum atomic E-state index is -0.0397. The molecule has 2 rings (SSSR count). The van der Waals surface area contributed by atoms with Crippen LogP contribution in [0.25, 0.3) is 10.9 Å². The molecular formula is C13H16ClN3O. The molecule has 1 aromatic carbocycles. The zero-order valence-corrected chi connectivity index (χ0v) is 11.5. The van der Waals surface area contributed by atoms with E-state index in [9.17, 15) is 4.79 Å². The van der Waals surface area contributed by atoms with Gasteiger partial charge >= 0.3 is 0 Å². The molecule has 0 fully saturated rings. The van der Waals surface area contributed by atoms with Crippen LogP contribution in [0.3, 0.4) is 0 Å². The summed E-state index contributed by atoms with van der Waals surface area (Å²) >= 11 is 5.93. The lowest BCUT2D eigenvalue weighted by molar-refractivity contribution is 0.544. The second-order valence-electron chi connectivity index (χ2n) is 4.19. The summed E-state index contributed by atoms with van der Waals surface area (Å²) < 4.78 is 1.68. The van der Waals surface area contributed by atoms with Gasteiger partial charge in [-0.25, -0.2) is 4.98 Å². The Labute approximate surface area is 111 Å². The van der Waals surface area contributed by atoms with Gasteiger partial charge in [-0.1, -0.05) is 11.6 Å². The lowest BCUT2D eigenvalue weighted by atomic mass is 10.2. The fraction of sp³-hybridized carbons (Fsp3) is 0.385. The molecule has 1 atom stereocenters. The average molecular weight is 266 g/mol. The van der Waals surface area contributed by atoms with E-state index < -0.39 is 0 Å². The topological polar surface area (TPSA) is 46.9 Å². The number of rotatable bonds is 3. The molecule has 0 spiro atoms. The number of nitrogens with one attached hydrogen (secondary N) is 1. The second kappa shape index (κ2) is 5.08. The number of hydrogen-bond donors (Lipinski definition) is 1. The molecule has 4 nitrogen and oxygen atoms in total. The van der Waals surface area contributed by atoms with Crippen LogP contribution in [0.15, 0.2) is 23.0 Å². The number of hydrogen-bond acceptors (Lipinski definition) is 3. The summed E-state index contributed by atoms with van der Waals surface area (Å²) in [4.78, 5) is 16.9. The molecule has 0 aliphatic heterocycles. The second-order valence-corrected chi connectivity index (χ2v) is 4.63. The number of halogens is 1. The number of aromatic nitrogens is 2. The molecule has 0 bridgehead atoms. The SMILES string of the molecule is CCn1c([C@H](C)NC)nc2ccc(Cl)cc2c1=O. The molecule has 2 aromatic rings. The van der Waals surface area contributed by atoms with Gasteiger partial charge in [0.1, 0.15) is 5.82 Å². The fourth-order valence-electron chi connectivity index (χ4n) is 1.98. The highest BCUT2D eigenvalue weighted by Gasteiger charge is 2.14. The Morgan fingerprint density at radius 1 is 1.50 bits per heavy atom. The van der Waals surface area contributed by atoms with E-state index in [4.69, 9.17) is 11.6 Å². The van der Waals surface area contributed by atoms with Crippen LogP contribution in [0.4, 0.5) is 0 Å². The van der Waals surface area contributed by atoms with Gasteiger partial charge in [0, 0.05) is 11.6 Å². The van der Waals surface area contributed by atoms with Crippen molar-refractivity contribution in [3.05, 3.63) is 39.4 Å². The summed E-state index contributed by atoms with van der Waals surface area (Å²) in [6, 6.07) is 5.23. The zero-order valence-electron chi connectivity index (χ0n) is 10.7. The Morgan fingerprint density at radius 2 is 2.22 bits per heavy atom. The summed E-state index contributed by atoms with van der Waals surface area (Å²) in [7, 11) is 1.85. The van der Waals surface area contributed by atoms with E-state index in [0.717, 1.165) is 5.82 Å². The quantitative estimate of drug-likeness (QED) is 0.927. The van der Waals surface area contributed by atoms with E-state index in [1.54, 1.807) is 22.8 Å². The van der Waals surface area contributed by atoms with Gasteiger partial charge in [-0.3, -0.25) is 9.36 Å². The summed E-state index contributed by atoms with van der Waals surface area (Å²) in [5.74, 6) is 0.750. The third-order valence-electron chi connectivity index (χ3n) is 3.08. The van der Waals surface area contributed by atoms with Gasteiger partial charge in [-0.15, -0.1) is 0 Å². The Kier molecular flexibility index (Phi) is 3.68. The van der Waals surface area contributed by atoms with Crippen LogP contribution in [-0.4, -0.2) is 16.6 Å². The highest BCUT2D eigenvalue weighted by Crippen LogP contribution is 2.17. The van der Waals surface area contributed by atoms with Gasteiger partial charge < -0.3 is 5.32 Å². The van der Waals surface area contributed by atoms with Crippen molar-refractivity contribution in [2.24, 2.45) is 0 Å².